The summed E-state index contributed by atoms with van der Waals surface area (Å²) in [5.74, 6) is 0.157. The lowest BCUT2D eigenvalue weighted by molar-refractivity contribution is -0.137. The van der Waals surface area contributed by atoms with Crippen molar-refractivity contribution in [1.82, 2.24) is 10.1 Å². The fourth-order valence-corrected chi connectivity index (χ4v) is 6.32. The lowest BCUT2D eigenvalue weighted by Crippen LogP contribution is -2.32. The van der Waals surface area contributed by atoms with Crippen molar-refractivity contribution in [3.05, 3.63) is 64.9 Å². The number of amides is 1. The van der Waals surface area contributed by atoms with Crippen molar-refractivity contribution in [2.24, 2.45) is 4.99 Å². The Morgan fingerprint density at radius 2 is 1.93 bits per heavy atom. The first kappa shape index (κ1) is 33.6. The molecule has 0 bridgehead atoms. The first-order chi connectivity index (χ1) is 21.1. The second-order valence-corrected chi connectivity index (χ2v) is 12.2. The number of alkyl halides is 3. The Kier molecular flexibility index (Phi) is 11.5. The number of unbranched alkanes of at least 4 members (excludes halogenated alkanes) is 1. The predicted molar refractivity (Wildman–Crippen MR) is 168 cm³/mol. The molecule has 4 rings (SSSR count). The number of rotatable bonds is 14. The normalized spacial score (nSPS) is 15.0. The Bertz CT molecular complexity index is 1430. The Morgan fingerprint density at radius 3 is 2.61 bits per heavy atom. The van der Waals surface area contributed by atoms with Gasteiger partial charge in [-0.15, -0.1) is 0 Å². The summed E-state index contributed by atoms with van der Waals surface area (Å²) >= 11 is 1.03. The predicted octanol–water partition coefficient (Wildman–Crippen LogP) is 9.20. The van der Waals surface area contributed by atoms with Crippen LogP contribution in [0, 0.1) is 6.92 Å². The van der Waals surface area contributed by atoms with Gasteiger partial charge in [0.15, 0.2) is 5.82 Å². The van der Waals surface area contributed by atoms with Gasteiger partial charge >= 0.3 is 6.18 Å². The van der Waals surface area contributed by atoms with Crippen molar-refractivity contribution in [3.63, 3.8) is 0 Å². The van der Waals surface area contributed by atoms with E-state index in [1.807, 2.05) is 49.4 Å². The van der Waals surface area contributed by atoms with Gasteiger partial charge in [-0.3, -0.25) is 14.7 Å². The van der Waals surface area contributed by atoms with Gasteiger partial charge in [-0.2, -0.15) is 13.2 Å². The number of aryl methyl sites for hydroxylation is 1. The van der Waals surface area contributed by atoms with Crippen LogP contribution in [0.25, 0.3) is 11.1 Å². The van der Waals surface area contributed by atoms with Crippen LogP contribution in [0.15, 0.2) is 56.9 Å². The third-order valence-electron chi connectivity index (χ3n) is 7.86. The second kappa shape index (κ2) is 15.1. The molecule has 1 heterocycles. The number of nitrogens with zero attached hydrogens (tertiary/aromatic N) is 3. The van der Waals surface area contributed by atoms with Crippen molar-refractivity contribution in [2.45, 2.75) is 102 Å². The Balaban J connectivity index is 1.63. The van der Waals surface area contributed by atoms with Gasteiger partial charge in [-0.1, -0.05) is 67.7 Å². The van der Waals surface area contributed by atoms with Crippen LogP contribution in [0.2, 0.25) is 0 Å². The highest BCUT2D eigenvalue weighted by atomic mass is 32.2. The van der Waals surface area contributed by atoms with Gasteiger partial charge in [0.2, 0.25) is 6.41 Å². The largest absolute Gasteiger partial charge is 0.423 e. The smallest absolute Gasteiger partial charge is 0.377 e. The fraction of sp³-hybridized carbons (Fsp3) is 0.485. The molecule has 11 heteroatoms. The summed E-state index contributed by atoms with van der Waals surface area (Å²) in [6, 6.07) is 13.5. The zero-order valence-electron chi connectivity index (χ0n) is 25.8. The number of benzene rings is 2. The van der Waals surface area contributed by atoms with E-state index in [1.54, 1.807) is 4.90 Å². The molecule has 7 nitrogen and oxygen atoms in total. The SMILES string of the molecule is CCCC/C(=N/C1(C)CCCC1)N(C=O)Cc1ccc(-c2ccccc2SNc2noc(C)c2C(F)(F)F)c(COCC)c1. The van der Waals surface area contributed by atoms with Crippen LogP contribution in [-0.2, 0) is 28.9 Å². The van der Waals surface area contributed by atoms with Crippen molar-refractivity contribution in [3.8, 4) is 11.1 Å². The van der Waals surface area contributed by atoms with Crippen molar-refractivity contribution >= 4 is 30.0 Å². The van der Waals surface area contributed by atoms with E-state index < -0.39 is 11.7 Å². The summed E-state index contributed by atoms with van der Waals surface area (Å²) in [6.45, 7) is 8.70. The molecule has 2 aromatic carbocycles. The van der Waals surface area contributed by atoms with E-state index in [9.17, 15) is 18.0 Å². The van der Waals surface area contributed by atoms with Crippen molar-refractivity contribution in [1.29, 1.82) is 0 Å². The number of halogens is 3. The number of amidine groups is 1. The van der Waals surface area contributed by atoms with E-state index >= 15 is 0 Å². The summed E-state index contributed by atoms with van der Waals surface area (Å²) in [5, 5.41) is 3.58. The summed E-state index contributed by atoms with van der Waals surface area (Å²) in [5.41, 5.74) is 2.50. The highest BCUT2D eigenvalue weighted by Gasteiger charge is 2.39. The maximum atomic E-state index is 13.6. The number of anilines is 1. The van der Waals surface area contributed by atoms with Gasteiger partial charge in [0.05, 0.1) is 18.7 Å². The van der Waals surface area contributed by atoms with Gasteiger partial charge in [0, 0.05) is 17.9 Å². The van der Waals surface area contributed by atoms with Crippen LogP contribution in [0.1, 0.15) is 88.2 Å². The third-order valence-corrected chi connectivity index (χ3v) is 8.73. The average Bonchev–Trinajstić information content (AvgIpc) is 3.61. The molecule has 1 fully saturated rings. The Morgan fingerprint density at radius 1 is 1.18 bits per heavy atom. The minimum Gasteiger partial charge on any atom is -0.377 e. The monoisotopic (exact) mass is 630 g/mol. The van der Waals surface area contributed by atoms with E-state index in [4.69, 9.17) is 14.3 Å². The first-order valence-corrected chi connectivity index (χ1v) is 16.0. The van der Waals surface area contributed by atoms with Crippen LogP contribution in [0.4, 0.5) is 19.0 Å². The number of aromatic nitrogens is 1. The number of carbonyl (C=O) groups excluding carboxylic acids is 1. The van der Waals surface area contributed by atoms with E-state index in [1.165, 1.54) is 6.92 Å². The van der Waals surface area contributed by atoms with Crippen molar-refractivity contribution in [2.75, 3.05) is 11.3 Å². The maximum Gasteiger partial charge on any atom is 0.423 e. The summed E-state index contributed by atoms with van der Waals surface area (Å²) in [4.78, 5) is 19.9. The third kappa shape index (κ3) is 8.44. The molecule has 1 aliphatic carbocycles. The van der Waals surface area contributed by atoms with Crippen LogP contribution in [0.3, 0.4) is 0 Å². The topological polar surface area (TPSA) is 80.0 Å². The van der Waals surface area contributed by atoms with Gasteiger partial charge in [-0.25, -0.2) is 0 Å². The van der Waals surface area contributed by atoms with E-state index in [2.05, 4.69) is 23.7 Å². The molecule has 0 unspecified atom stereocenters. The molecule has 0 spiro atoms. The molecule has 238 valence electrons. The van der Waals surface area contributed by atoms with Gasteiger partial charge in [0.25, 0.3) is 0 Å². The van der Waals surface area contributed by atoms with Gasteiger partial charge in [0.1, 0.15) is 17.2 Å². The molecule has 0 saturated heterocycles. The highest BCUT2D eigenvalue weighted by Crippen LogP contribution is 2.40. The molecular weight excluding hydrogens is 589 g/mol. The number of nitrogens with one attached hydrogen (secondary N) is 1. The Labute approximate surface area is 261 Å². The fourth-order valence-electron chi connectivity index (χ4n) is 5.54. The molecule has 0 aliphatic heterocycles. The number of ether oxygens (including phenoxy) is 1. The second-order valence-electron chi connectivity index (χ2n) is 11.4. The van der Waals surface area contributed by atoms with Gasteiger partial charge < -0.3 is 14.0 Å². The van der Waals surface area contributed by atoms with E-state index in [0.717, 1.165) is 91.4 Å². The van der Waals surface area contributed by atoms with Gasteiger partial charge in [-0.05, 0) is 80.3 Å². The molecule has 0 radical (unpaired) electrons. The summed E-state index contributed by atoms with van der Waals surface area (Å²) < 4.78 is 54.1. The zero-order valence-corrected chi connectivity index (χ0v) is 26.6. The summed E-state index contributed by atoms with van der Waals surface area (Å²) in [6.07, 6.45) is 3.35. The standard InChI is InChI=1S/C33H41F3N4O3S/c1-5-7-14-29(37-32(4)17-10-11-18-32)40(22-41)20-24-15-16-26(25(19-24)21-42-6-2)27-12-8-9-13-28(27)44-39-31-30(33(34,35)36)23(3)43-38-31/h8-9,12-13,15-16,19,22H,5-7,10-11,14,17-18,20-21H2,1-4H3,(H,38,39)/b37-29-. The minimum atomic E-state index is -4.60. The number of hydrogen-bond acceptors (Lipinski definition) is 7. The van der Waals surface area contributed by atoms with Crippen LogP contribution in [-0.4, -0.2) is 34.4 Å². The summed E-state index contributed by atoms with van der Waals surface area (Å²) in [7, 11) is 0. The lowest BCUT2D eigenvalue weighted by atomic mass is 9.97. The van der Waals surface area contributed by atoms with Crippen LogP contribution < -0.4 is 4.72 Å². The minimum absolute atomic E-state index is 0.130. The Hall–Kier alpha value is -3.31. The molecule has 0 atom stereocenters. The lowest BCUT2D eigenvalue weighted by Gasteiger charge is -2.26. The zero-order chi connectivity index (χ0) is 31.7. The van der Waals surface area contributed by atoms with Crippen LogP contribution in [0.5, 0.6) is 0 Å². The van der Waals surface area contributed by atoms with E-state index in [-0.39, 0.29) is 17.1 Å². The molecule has 3 aromatic rings. The molecule has 44 heavy (non-hydrogen) atoms. The number of hydrogen-bond donors (Lipinski definition) is 1. The van der Waals surface area contributed by atoms with Crippen LogP contribution >= 0.6 is 11.9 Å². The molecule has 1 aliphatic rings. The molecular formula is C33H41F3N4O3S. The van der Waals surface area contributed by atoms with Crippen molar-refractivity contribution < 1.29 is 27.2 Å². The highest BCUT2D eigenvalue weighted by molar-refractivity contribution is 8.00. The molecule has 1 N–H and O–H groups in total. The molecule has 1 saturated carbocycles. The molecule has 1 aromatic heterocycles. The number of carbonyl (C=O) groups is 1. The first-order valence-electron chi connectivity index (χ1n) is 15.1. The average molecular weight is 631 g/mol. The quantitative estimate of drug-likeness (QED) is 0.0828. The maximum absolute atomic E-state index is 13.6. The molecule has 1 amide bonds. The number of aliphatic imine (C=N–C) groups is 1. The van der Waals surface area contributed by atoms with E-state index in [0.29, 0.717) is 24.7 Å².